The van der Waals surface area contributed by atoms with Gasteiger partial charge in [-0.1, -0.05) is 0 Å². The Kier molecular flexibility index (Phi) is 2.84. The Labute approximate surface area is 66.0 Å². The summed E-state index contributed by atoms with van der Waals surface area (Å²) in [6.45, 7) is 3.24. The maximum atomic E-state index is 10.9. The van der Waals surface area contributed by atoms with Crippen LogP contribution in [0.4, 0.5) is 0 Å². The molecule has 1 heterocycles. The molecule has 4 heteroatoms. The predicted molar refractivity (Wildman–Crippen MR) is 41.1 cm³/mol. The van der Waals surface area contributed by atoms with Crippen LogP contribution in [0.3, 0.4) is 0 Å². The van der Waals surface area contributed by atoms with Gasteiger partial charge in [-0.3, -0.25) is 4.79 Å². The van der Waals surface area contributed by atoms with Gasteiger partial charge in [0.2, 0.25) is 5.91 Å². The first-order valence-corrected chi connectivity index (χ1v) is 3.89. The molecule has 0 saturated carbocycles. The fourth-order valence-corrected chi connectivity index (χ4v) is 1.10. The Balaban J connectivity index is 2.24. The zero-order valence-corrected chi connectivity index (χ0v) is 6.63. The summed E-state index contributed by atoms with van der Waals surface area (Å²) in [5, 5.41) is 14.7. The minimum absolute atomic E-state index is 0.206. The minimum atomic E-state index is -0.893. The molecule has 2 atom stereocenters. The van der Waals surface area contributed by atoms with E-state index >= 15 is 0 Å². The topological polar surface area (TPSA) is 61.4 Å². The van der Waals surface area contributed by atoms with Gasteiger partial charge in [-0.15, -0.1) is 0 Å². The summed E-state index contributed by atoms with van der Waals surface area (Å²) in [4.78, 5) is 10.9. The predicted octanol–water partition coefficient (Wildman–Crippen LogP) is -1.15. The molecule has 1 saturated heterocycles. The van der Waals surface area contributed by atoms with Gasteiger partial charge in [-0.05, 0) is 19.9 Å². The number of aliphatic hydroxyl groups is 1. The van der Waals surface area contributed by atoms with E-state index in [0.717, 1.165) is 19.5 Å². The number of rotatable bonds is 2. The SMILES string of the molecule is CC(O)C(=O)NC1CCNC1. The monoisotopic (exact) mass is 158 g/mol. The number of carbonyl (C=O) groups excluding carboxylic acids is 1. The van der Waals surface area contributed by atoms with Crippen molar-refractivity contribution in [3.05, 3.63) is 0 Å². The third-order valence-electron chi connectivity index (χ3n) is 1.79. The van der Waals surface area contributed by atoms with Crippen molar-refractivity contribution in [2.75, 3.05) is 13.1 Å². The summed E-state index contributed by atoms with van der Waals surface area (Å²) in [5.74, 6) is -0.279. The summed E-state index contributed by atoms with van der Waals surface area (Å²) in [5.41, 5.74) is 0. The van der Waals surface area contributed by atoms with Crippen LogP contribution in [0, 0.1) is 0 Å². The van der Waals surface area contributed by atoms with Crippen LogP contribution in [0.1, 0.15) is 13.3 Å². The highest BCUT2D eigenvalue weighted by atomic mass is 16.3. The fraction of sp³-hybridized carbons (Fsp3) is 0.857. The summed E-state index contributed by atoms with van der Waals surface area (Å²) >= 11 is 0. The Morgan fingerprint density at radius 1 is 1.82 bits per heavy atom. The maximum absolute atomic E-state index is 10.9. The van der Waals surface area contributed by atoms with E-state index in [1.807, 2.05) is 0 Å². The number of carbonyl (C=O) groups is 1. The first-order valence-electron chi connectivity index (χ1n) is 3.89. The van der Waals surface area contributed by atoms with Gasteiger partial charge in [0.15, 0.2) is 0 Å². The second-order valence-electron chi connectivity index (χ2n) is 2.87. The van der Waals surface area contributed by atoms with E-state index in [1.54, 1.807) is 0 Å². The van der Waals surface area contributed by atoms with Crippen molar-refractivity contribution in [2.45, 2.75) is 25.5 Å². The van der Waals surface area contributed by atoms with E-state index in [4.69, 9.17) is 5.11 Å². The quantitative estimate of drug-likeness (QED) is 0.475. The van der Waals surface area contributed by atoms with Gasteiger partial charge in [0.1, 0.15) is 6.10 Å². The Morgan fingerprint density at radius 2 is 2.55 bits per heavy atom. The van der Waals surface area contributed by atoms with Gasteiger partial charge in [0.05, 0.1) is 0 Å². The van der Waals surface area contributed by atoms with Crippen molar-refractivity contribution >= 4 is 5.91 Å². The third kappa shape index (κ3) is 2.48. The lowest BCUT2D eigenvalue weighted by atomic mass is 10.2. The van der Waals surface area contributed by atoms with Crippen molar-refractivity contribution in [1.29, 1.82) is 0 Å². The molecule has 0 spiro atoms. The van der Waals surface area contributed by atoms with Gasteiger partial charge in [0.25, 0.3) is 0 Å². The van der Waals surface area contributed by atoms with Crippen molar-refractivity contribution in [3.8, 4) is 0 Å². The average Bonchev–Trinajstić information content (AvgIpc) is 2.39. The molecule has 0 radical (unpaired) electrons. The molecule has 0 bridgehead atoms. The molecule has 1 amide bonds. The molecule has 0 aromatic rings. The molecule has 11 heavy (non-hydrogen) atoms. The van der Waals surface area contributed by atoms with Crippen LogP contribution in [0.25, 0.3) is 0 Å². The number of hydrogen-bond acceptors (Lipinski definition) is 3. The Hall–Kier alpha value is -0.610. The van der Waals surface area contributed by atoms with Gasteiger partial charge < -0.3 is 15.7 Å². The summed E-state index contributed by atoms with van der Waals surface area (Å²) in [6, 6.07) is 0.206. The smallest absolute Gasteiger partial charge is 0.248 e. The molecule has 4 nitrogen and oxygen atoms in total. The molecule has 1 fully saturated rings. The first-order chi connectivity index (χ1) is 5.20. The maximum Gasteiger partial charge on any atom is 0.248 e. The Bertz CT molecular complexity index is 141. The lowest BCUT2D eigenvalue weighted by Gasteiger charge is -2.12. The lowest BCUT2D eigenvalue weighted by Crippen LogP contribution is -2.41. The molecule has 3 N–H and O–H groups in total. The molecular formula is C7H14N2O2. The highest BCUT2D eigenvalue weighted by Gasteiger charge is 2.18. The van der Waals surface area contributed by atoms with Gasteiger partial charge >= 0.3 is 0 Å². The zero-order valence-electron chi connectivity index (χ0n) is 6.63. The fourth-order valence-electron chi connectivity index (χ4n) is 1.10. The van der Waals surface area contributed by atoms with Crippen molar-refractivity contribution in [2.24, 2.45) is 0 Å². The second-order valence-corrected chi connectivity index (χ2v) is 2.87. The van der Waals surface area contributed by atoms with Crippen LogP contribution in [0.2, 0.25) is 0 Å². The average molecular weight is 158 g/mol. The molecular weight excluding hydrogens is 144 g/mol. The Morgan fingerprint density at radius 3 is 3.00 bits per heavy atom. The van der Waals surface area contributed by atoms with E-state index in [0.29, 0.717) is 0 Å². The zero-order chi connectivity index (χ0) is 8.27. The largest absolute Gasteiger partial charge is 0.384 e. The van der Waals surface area contributed by atoms with Crippen molar-refractivity contribution < 1.29 is 9.90 Å². The van der Waals surface area contributed by atoms with Crippen LogP contribution in [0.15, 0.2) is 0 Å². The van der Waals surface area contributed by atoms with Crippen LogP contribution in [0.5, 0.6) is 0 Å². The molecule has 0 aliphatic carbocycles. The van der Waals surface area contributed by atoms with Gasteiger partial charge in [-0.25, -0.2) is 0 Å². The highest BCUT2D eigenvalue weighted by Crippen LogP contribution is 1.97. The standard InChI is InChI=1S/C7H14N2O2/c1-5(10)7(11)9-6-2-3-8-4-6/h5-6,8,10H,2-4H2,1H3,(H,9,11). The number of amides is 1. The highest BCUT2D eigenvalue weighted by molar-refractivity contribution is 5.80. The van der Waals surface area contributed by atoms with E-state index < -0.39 is 6.10 Å². The van der Waals surface area contributed by atoms with Crippen LogP contribution in [-0.2, 0) is 4.79 Å². The summed E-state index contributed by atoms with van der Waals surface area (Å²) < 4.78 is 0. The molecule has 2 unspecified atom stereocenters. The third-order valence-corrected chi connectivity index (χ3v) is 1.79. The van der Waals surface area contributed by atoms with Crippen molar-refractivity contribution in [3.63, 3.8) is 0 Å². The van der Waals surface area contributed by atoms with Gasteiger partial charge in [-0.2, -0.15) is 0 Å². The molecule has 1 rings (SSSR count). The first kappa shape index (κ1) is 8.49. The summed E-state index contributed by atoms with van der Waals surface area (Å²) in [6.07, 6.45) is 0.0638. The van der Waals surface area contributed by atoms with Crippen LogP contribution >= 0.6 is 0 Å². The number of nitrogens with one attached hydrogen (secondary N) is 2. The second kappa shape index (κ2) is 3.69. The van der Waals surface area contributed by atoms with E-state index in [-0.39, 0.29) is 11.9 Å². The van der Waals surface area contributed by atoms with Crippen LogP contribution in [-0.4, -0.2) is 36.2 Å². The van der Waals surface area contributed by atoms with E-state index in [1.165, 1.54) is 6.92 Å². The van der Waals surface area contributed by atoms with E-state index in [2.05, 4.69) is 10.6 Å². The number of hydrogen-bond donors (Lipinski definition) is 3. The molecule has 0 aromatic carbocycles. The molecule has 1 aliphatic heterocycles. The molecule has 0 aromatic heterocycles. The minimum Gasteiger partial charge on any atom is -0.384 e. The summed E-state index contributed by atoms with van der Waals surface area (Å²) in [7, 11) is 0. The normalized spacial score (nSPS) is 26.5. The number of aliphatic hydroxyl groups excluding tert-OH is 1. The van der Waals surface area contributed by atoms with Gasteiger partial charge in [0, 0.05) is 12.6 Å². The lowest BCUT2D eigenvalue weighted by molar-refractivity contribution is -0.129. The van der Waals surface area contributed by atoms with Crippen molar-refractivity contribution in [1.82, 2.24) is 10.6 Å². The van der Waals surface area contributed by atoms with E-state index in [9.17, 15) is 4.79 Å². The molecule has 64 valence electrons. The van der Waals surface area contributed by atoms with Crippen LogP contribution < -0.4 is 10.6 Å². The molecule has 1 aliphatic rings.